The zero-order valence-corrected chi connectivity index (χ0v) is 14.6. The molecule has 1 saturated heterocycles. The Morgan fingerprint density at radius 1 is 1.46 bits per heavy atom. The van der Waals surface area contributed by atoms with E-state index < -0.39 is 6.10 Å². The second-order valence-electron chi connectivity index (χ2n) is 6.11. The molecule has 1 N–H and O–H groups in total. The summed E-state index contributed by atoms with van der Waals surface area (Å²) in [4.78, 5) is 18.7. The molecule has 1 aromatic carbocycles. The quantitative estimate of drug-likeness (QED) is 0.845. The van der Waals surface area contributed by atoms with Crippen LogP contribution in [0.1, 0.15) is 41.6 Å². The molecule has 4 nitrogen and oxygen atoms in total. The van der Waals surface area contributed by atoms with Crippen LogP contribution in [0, 0.1) is 6.92 Å². The van der Waals surface area contributed by atoms with Crippen LogP contribution in [0.15, 0.2) is 41.8 Å². The average Bonchev–Trinajstić information content (AvgIpc) is 3.22. The van der Waals surface area contributed by atoms with Crippen molar-refractivity contribution in [2.24, 2.45) is 0 Å². The van der Waals surface area contributed by atoms with Crippen molar-refractivity contribution in [1.29, 1.82) is 0 Å². The average molecular weight is 342 g/mol. The van der Waals surface area contributed by atoms with Crippen molar-refractivity contribution in [3.8, 4) is 0 Å². The highest BCUT2D eigenvalue weighted by molar-refractivity contribution is 7.09. The van der Waals surface area contributed by atoms with E-state index in [1.165, 1.54) is 0 Å². The van der Waals surface area contributed by atoms with Crippen molar-refractivity contribution in [1.82, 2.24) is 9.88 Å². The molecule has 1 aliphatic rings. The third-order valence-electron chi connectivity index (χ3n) is 4.37. The minimum Gasteiger partial charge on any atom is -0.388 e. The van der Waals surface area contributed by atoms with Crippen LogP contribution in [0.2, 0.25) is 0 Å². The molecule has 5 heteroatoms. The Hall–Kier alpha value is -1.98. The number of benzene rings is 1. The van der Waals surface area contributed by atoms with E-state index in [-0.39, 0.29) is 11.9 Å². The summed E-state index contributed by atoms with van der Waals surface area (Å²) in [6.45, 7) is 2.71. The molecule has 2 atom stereocenters. The Labute approximate surface area is 146 Å². The fourth-order valence-corrected chi connectivity index (χ4v) is 3.73. The van der Waals surface area contributed by atoms with Crippen LogP contribution in [0.3, 0.4) is 0 Å². The lowest BCUT2D eigenvalue weighted by molar-refractivity contribution is -0.127. The molecule has 1 fully saturated rings. The number of aliphatic hydroxyl groups is 1. The first-order valence-corrected chi connectivity index (χ1v) is 9.15. The van der Waals surface area contributed by atoms with Gasteiger partial charge in [-0.3, -0.25) is 4.79 Å². The topological polar surface area (TPSA) is 53.4 Å². The van der Waals surface area contributed by atoms with Crippen LogP contribution in [-0.2, 0) is 4.79 Å². The zero-order valence-electron chi connectivity index (χ0n) is 13.8. The van der Waals surface area contributed by atoms with Crippen LogP contribution < -0.4 is 0 Å². The van der Waals surface area contributed by atoms with E-state index in [1.54, 1.807) is 23.5 Å². The maximum absolute atomic E-state index is 12.5. The van der Waals surface area contributed by atoms with Gasteiger partial charge in [0.1, 0.15) is 0 Å². The van der Waals surface area contributed by atoms with Crippen molar-refractivity contribution in [3.63, 3.8) is 0 Å². The molecule has 24 heavy (non-hydrogen) atoms. The number of nitrogens with zero attached hydrogens (tertiary/aromatic N) is 2. The highest BCUT2D eigenvalue weighted by atomic mass is 32.1. The van der Waals surface area contributed by atoms with Crippen LogP contribution >= 0.6 is 11.3 Å². The van der Waals surface area contributed by atoms with Gasteiger partial charge < -0.3 is 10.0 Å². The van der Waals surface area contributed by atoms with Gasteiger partial charge >= 0.3 is 0 Å². The number of carbonyl (C=O) groups is 1. The molecule has 2 aromatic rings. The molecule has 0 saturated carbocycles. The number of rotatable bonds is 5. The Morgan fingerprint density at radius 3 is 2.96 bits per heavy atom. The van der Waals surface area contributed by atoms with Crippen LogP contribution in [0.25, 0.3) is 6.08 Å². The third kappa shape index (κ3) is 4.10. The second-order valence-corrected chi connectivity index (χ2v) is 7.18. The van der Waals surface area contributed by atoms with Crippen molar-refractivity contribution in [2.75, 3.05) is 6.54 Å². The molecule has 1 aromatic heterocycles. The van der Waals surface area contributed by atoms with Crippen LogP contribution in [-0.4, -0.2) is 33.5 Å². The minimum absolute atomic E-state index is 0.00316. The fraction of sp³-hybridized carbons (Fsp3) is 0.368. The van der Waals surface area contributed by atoms with Gasteiger partial charge in [0.15, 0.2) is 0 Å². The van der Waals surface area contributed by atoms with E-state index in [0.717, 1.165) is 35.7 Å². The summed E-state index contributed by atoms with van der Waals surface area (Å²) in [6.07, 6.45) is 5.35. The predicted octanol–water partition coefficient (Wildman–Crippen LogP) is 3.58. The molecule has 1 aliphatic heterocycles. The van der Waals surface area contributed by atoms with Crippen LogP contribution in [0.5, 0.6) is 0 Å². The summed E-state index contributed by atoms with van der Waals surface area (Å²) in [5, 5.41) is 13.4. The van der Waals surface area contributed by atoms with Gasteiger partial charge in [0.25, 0.3) is 0 Å². The smallest absolute Gasteiger partial charge is 0.246 e. The van der Waals surface area contributed by atoms with Gasteiger partial charge in [0.05, 0.1) is 16.8 Å². The summed E-state index contributed by atoms with van der Waals surface area (Å²) in [5.41, 5.74) is 1.73. The van der Waals surface area contributed by atoms with Gasteiger partial charge in [-0.05, 0) is 37.8 Å². The molecular formula is C19H22N2O2S. The molecule has 0 aliphatic carbocycles. The fourth-order valence-electron chi connectivity index (χ4n) is 3.15. The molecular weight excluding hydrogens is 320 g/mol. The summed E-state index contributed by atoms with van der Waals surface area (Å²) < 4.78 is 0. The normalized spacial score (nSPS) is 19.1. The third-order valence-corrected chi connectivity index (χ3v) is 5.17. The first-order valence-electron chi connectivity index (χ1n) is 8.27. The molecule has 3 rings (SSSR count). The summed E-state index contributed by atoms with van der Waals surface area (Å²) in [7, 11) is 0. The van der Waals surface area contributed by atoms with E-state index in [0.29, 0.717) is 6.42 Å². The van der Waals surface area contributed by atoms with E-state index >= 15 is 0 Å². The predicted molar refractivity (Wildman–Crippen MR) is 96.6 cm³/mol. The molecule has 126 valence electrons. The monoisotopic (exact) mass is 342 g/mol. The zero-order chi connectivity index (χ0) is 16.9. The van der Waals surface area contributed by atoms with Crippen molar-refractivity contribution in [2.45, 2.75) is 38.3 Å². The van der Waals surface area contributed by atoms with E-state index in [9.17, 15) is 9.90 Å². The number of aryl methyl sites for hydroxylation is 1. The number of aromatic nitrogens is 1. The molecule has 2 unspecified atom stereocenters. The lowest BCUT2D eigenvalue weighted by atomic mass is 10.0. The number of carbonyl (C=O) groups excluding carboxylic acids is 1. The van der Waals surface area contributed by atoms with Gasteiger partial charge in [-0.2, -0.15) is 0 Å². The SMILES string of the molecule is Cc1nc(C=CC(=O)N2CCCC2CC(O)c2ccccc2)cs1. The Morgan fingerprint density at radius 2 is 2.25 bits per heavy atom. The minimum atomic E-state index is -0.533. The Bertz CT molecular complexity index is 711. The van der Waals surface area contributed by atoms with Crippen molar-refractivity contribution < 1.29 is 9.90 Å². The summed E-state index contributed by atoms with van der Waals surface area (Å²) in [6, 6.07) is 9.73. The Balaban J connectivity index is 1.62. The van der Waals surface area contributed by atoms with Gasteiger partial charge in [0.2, 0.25) is 5.91 Å². The standard InChI is InChI=1S/C19H22N2O2S/c1-14-20-16(13-24-14)9-10-19(23)21-11-5-8-17(21)12-18(22)15-6-3-2-4-7-15/h2-4,6-7,9-10,13,17-18,22H,5,8,11-12H2,1H3. The number of hydrogen-bond donors (Lipinski definition) is 1. The largest absolute Gasteiger partial charge is 0.388 e. The highest BCUT2D eigenvalue weighted by Crippen LogP contribution is 2.27. The molecule has 0 spiro atoms. The van der Waals surface area contributed by atoms with Crippen LogP contribution in [0.4, 0.5) is 0 Å². The number of thiazole rings is 1. The Kier molecular flexibility index (Phi) is 5.43. The van der Waals surface area contributed by atoms with E-state index in [4.69, 9.17) is 0 Å². The summed E-state index contributed by atoms with van der Waals surface area (Å²) >= 11 is 1.57. The van der Waals surface area contributed by atoms with Gasteiger partial charge in [-0.15, -0.1) is 11.3 Å². The number of likely N-dealkylation sites (tertiary alicyclic amines) is 1. The maximum atomic E-state index is 12.5. The summed E-state index contributed by atoms with van der Waals surface area (Å²) in [5.74, 6) is 0.00316. The number of amides is 1. The van der Waals surface area contributed by atoms with E-state index in [1.807, 2.05) is 47.5 Å². The van der Waals surface area contributed by atoms with Gasteiger partial charge in [-0.1, -0.05) is 30.3 Å². The second kappa shape index (κ2) is 7.73. The molecule has 1 amide bonds. The van der Waals surface area contributed by atoms with Crippen molar-refractivity contribution >= 4 is 23.3 Å². The molecule has 0 radical (unpaired) electrons. The molecule has 0 bridgehead atoms. The van der Waals surface area contributed by atoms with Gasteiger partial charge in [-0.25, -0.2) is 4.98 Å². The maximum Gasteiger partial charge on any atom is 0.246 e. The lowest BCUT2D eigenvalue weighted by Gasteiger charge is -2.25. The number of aliphatic hydroxyl groups excluding tert-OH is 1. The first-order chi connectivity index (χ1) is 11.6. The number of hydrogen-bond acceptors (Lipinski definition) is 4. The lowest BCUT2D eigenvalue weighted by Crippen LogP contribution is -2.35. The van der Waals surface area contributed by atoms with Crippen molar-refractivity contribution in [3.05, 3.63) is 58.1 Å². The highest BCUT2D eigenvalue weighted by Gasteiger charge is 2.29. The molecule has 2 heterocycles. The van der Waals surface area contributed by atoms with Gasteiger partial charge in [0, 0.05) is 24.0 Å². The first kappa shape index (κ1) is 16.9. The van der Waals surface area contributed by atoms with E-state index in [2.05, 4.69) is 4.98 Å².